The Hall–Kier alpha value is -10.4. The molecule has 144 heavy (non-hydrogen) atoms. The minimum absolute atomic E-state index is 0. The maximum absolute atomic E-state index is 12.5. The number of hydroxylamine groups is 2. The maximum Gasteiger partial charge on any atom is 0.407 e. The molecule has 7 heterocycles. The zero-order valence-corrected chi connectivity index (χ0v) is 81.6. The minimum Gasteiger partial charge on any atom is -0.480 e. The first-order valence-corrected chi connectivity index (χ1v) is 46.3. The molecule has 5 aliphatic rings. The van der Waals surface area contributed by atoms with E-state index in [1.165, 1.54) is 40.0 Å². The van der Waals surface area contributed by atoms with Gasteiger partial charge in [0.2, 0.25) is 12.1 Å². The van der Waals surface area contributed by atoms with Gasteiger partial charge in [-0.15, -0.1) is 6.42 Å². The van der Waals surface area contributed by atoms with Crippen LogP contribution in [0.1, 0.15) is 179 Å². The molecular weight excluding hydrogens is 2000 g/mol. The van der Waals surface area contributed by atoms with Gasteiger partial charge in [0, 0.05) is 79.3 Å². The Balaban J connectivity index is 0.00000161. The number of hydrogen-bond donors (Lipinski definition) is 11. The lowest BCUT2D eigenvalue weighted by molar-refractivity contribution is -0.174. The quantitative estimate of drug-likeness (QED) is 0.00642. The van der Waals surface area contributed by atoms with Crippen LogP contribution in [0.5, 0.6) is 0 Å². The molecule has 0 bridgehead atoms. The lowest BCUT2D eigenvalue weighted by Crippen LogP contribution is -2.50. The molecule has 12 N–H and O–H groups in total. The highest BCUT2D eigenvalue weighted by Gasteiger charge is 2.41. The van der Waals surface area contributed by atoms with Gasteiger partial charge in [0.05, 0.1) is 36.6 Å². The fourth-order valence-corrected chi connectivity index (χ4v) is 17.1. The molecule has 5 aliphatic heterocycles. The Bertz CT molecular complexity index is 5740. The molecule has 11 aromatic rings. The van der Waals surface area contributed by atoms with Gasteiger partial charge in [0.25, 0.3) is 5.91 Å². The number of halogens is 8. The topological polar surface area (TPSA) is 392 Å². The first kappa shape index (κ1) is 134. The van der Waals surface area contributed by atoms with Gasteiger partial charge >= 0.3 is 51.7 Å². The van der Waals surface area contributed by atoms with Crippen molar-refractivity contribution < 1.29 is 78.2 Å². The second kappa shape index (κ2) is 68.9. The van der Waals surface area contributed by atoms with E-state index < -0.39 is 69.8 Å². The molecule has 2 aromatic heterocycles. The number of H-pyrrole nitrogens is 2. The Morgan fingerprint density at radius 1 is 0.479 bits per heavy atom. The average molecular weight is 2140 g/mol. The zero-order valence-electron chi connectivity index (χ0n) is 75.5. The van der Waals surface area contributed by atoms with Crippen molar-refractivity contribution in [3.63, 3.8) is 0 Å². The average Bonchev–Trinajstić information content (AvgIpc) is 1.02. The third kappa shape index (κ3) is 41.8. The summed E-state index contributed by atoms with van der Waals surface area (Å²) in [6.45, 7) is 11.9. The molecule has 0 fully saturated rings. The largest absolute Gasteiger partial charge is 0.480 e. The molecule has 5 atom stereocenters. The van der Waals surface area contributed by atoms with Crippen LogP contribution in [0.3, 0.4) is 0 Å². The van der Waals surface area contributed by atoms with Gasteiger partial charge in [0.15, 0.2) is 0 Å². The number of terminal acetylenes is 1. The van der Waals surface area contributed by atoms with Crippen molar-refractivity contribution in [2.24, 2.45) is 5.73 Å². The van der Waals surface area contributed by atoms with Crippen LogP contribution in [0.2, 0.25) is 62.5 Å². The van der Waals surface area contributed by atoms with E-state index in [1.54, 1.807) is 91.5 Å². The maximum atomic E-state index is 12.5. The number of carboxylic acids is 2. The number of Topliss-reactive ketones (excluding diaryl/α,β-unsaturated/α-hetero) is 1. The number of aromatic nitrogens is 4. The molecule has 0 aliphatic carbocycles. The molecule has 5 unspecified atom stereocenters. The third-order valence-corrected chi connectivity index (χ3v) is 23.8. The fourth-order valence-electron chi connectivity index (χ4n) is 15.6. The van der Waals surface area contributed by atoms with Crippen LogP contribution in [0.4, 0.5) is 9.59 Å². The SMILES string of the molecule is C.C.C.C.C.C.C.C.C#CC(=O)C1c2ccc(Cl)cc2CCN1B(C)O.CB(O)N1CCc2cc(Cl)ccc2C1C(=O)O.CB(O)N1CCc2cc(Cl)ccc2C1c1ccn[nH]1.CON(C)C(=O)C1c2ccc(Cl)cc2CCN1B(C)O.Clc1ccc2c(c1)CCNC2c1ccn[nH]1.NCCc1cccc(Cl)c1.O=C(Cl)OCc1ccccc1.O=C(NCCc1cccc(Cl)c1)OCc1ccccc1.O=CC(=O)O. The van der Waals surface area contributed by atoms with Gasteiger partial charge in [-0.25, -0.2) is 19.4 Å². The Kier molecular flexibility index (Phi) is 63.9. The van der Waals surface area contributed by atoms with Gasteiger partial charge in [-0.1, -0.05) is 256 Å². The number of ketones is 1. The highest BCUT2D eigenvalue weighted by molar-refractivity contribution is 6.61. The van der Waals surface area contributed by atoms with Crippen molar-refractivity contribution in [1.29, 1.82) is 0 Å². The van der Waals surface area contributed by atoms with Gasteiger partial charge in [0.1, 0.15) is 25.3 Å². The number of ether oxygens (including phenoxy) is 2. The Labute approximate surface area is 891 Å². The lowest BCUT2D eigenvalue weighted by Gasteiger charge is -2.38. The number of nitrogens with one attached hydrogen (secondary N) is 4. The monoisotopic (exact) mass is 2130 g/mol. The van der Waals surface area contributed by atoms with Crippen LogP contribution >= 0.6 is 92.8 Å². The summed E-state index contributed by atoms with van der Waals surface area (Å²) < 4.78 is 9.67. The molecule has 0 spiro atoms. The molecule has 778 valence electrons. The normalized spacial score (nSPS) is 15.0. The summed E-state index contributed by atoms with van der Waals surface area (Å²) in [5.41, 5.74) is 21.4. The van der Waals surface area contributed by atoms with Crippen LogP contribution in [0.25, 0.3) is 0 Å². The van der Waals surface area contributed by atoms with E-state index in [0.29, 0.717) is 64.8 Å². The van der Waals surface area contributed by atoms with Crippen LogP contribution in [0, 0.1) is 12.3 Å². The van der Waals surface area contributed by atoms with Crippen molar-refractivity contribution in [3.8, 4) is 12.3 Å². The number of nitrogens with zero attached hydrogens (tertiary/aromatic N) is 7. The van der Waals surface area contributed by atoms with Crippen LogP contribution in [-0.4, -0.2) is 205 Å². The lowest BCUT2D eigenvalue weighted by atomic mass is 9.77. The van der Waals surface area contributed by atoms with Crippen molar-refractivity contribution in [2.45, 2.75) is 175 Å². The molecule has 0 saturated carbocycles. The first-order valence-electron chi connectivity index (χ1n) is 43.3. The fraction of sp³-hybridized carbons (Fsp3) is 0.337. The smallest absolute Gasteiger partial charge is 0.407 e. The predicted molar refractivity (Wildman–Crippen MR) is 590 cm³/mol. The summed E-state index contributed by atoms with van der Waals surface area (Å²) in [5.74, 6) is -0.771. The number of likely N-dealkylation sites (N-methyl/N-ethyl adjacent to an activating group) is 1. The first-order chi connectivity index (χ1) is 65.1. The van der Waals surface area contributed by atoms with E-state index in [-0.39, 0.29) is 103 Å². The molecule has 9 aromatic carbocycles. The van der Waals surface area contributed by atoms with Crippen molar-refractivity contribution in [1.82, 2.24) is 55.3 Å². The number of aromatic amines is 2. The summed E-state index contributed by atoms with van der Waals surface area (Å²) in [6, 6.07) is 64.7. The van der Waals surface area contributed by atoms with Gasteiger partial charge < -0.3 is 75.4 Å². The van der Waals surface area contributed by atoms with Gasteiger partial charge in [-0.3, -0.25) is 34.2 Å². The number of alkyl carbamates (subject to hydrolysis) is 1. The van der Waals surface area contributed by atoms with E-state index >= 15 is 0 Å². The number of benzene rings is 9. The number of rotatable bonds is 20. The molecule has 0 radical (unpaired) electrons. The highest BCUT2D eigenvalue weighted by atomic mass is 35.5. The number of fused-ring (bicyclic) bond motifs is 5. The predicted octanol–water partition coefficient (Wildman–Crippen LogP) is 21.3. The molecule has 28 nitrogen and oxygen atoms in total. The molecule has 2 amide bonds. The van der Waals surface area contributed by atoms with Crippen LogP contribution in [0.15, 0.2) is 225 Å². The van der Waals surface area contributed by atoms with Crippen molar-refractivity contribution in [3.05, 3.63) is 349 Å². The number of aldehydes is 1. The van der Waals surface area contributed by atoms with Gasteiger partial charge in [-0.2, -0.15) is 10.2 Å². The number of carbonyl (C=O) groups excluding carboxylic acids is 5. The number of carbonyl (C=O) groups is 7. The number of amides is 2. The molecule has 16 rings (SSSR count). The highest BCUT2D eigenvalue weighted by Crippen LogP contribution is 2.39. The summed E-state index contributed by atoms with van der Waals surface area (Å²) in [7, 11) is 0.300. The summed E-state index contributed by atoms with van der Waals surface area (Å²) >= 11 is 46.5. The molecule has 0 saturated heterocycles. The molecule has 40 heteroatoms. The number of carboxylic acid groups (broad SMARTS) is 2. The van der Waals surface area contributed by atoms with E-state index in [1.807, 2.05) is 170 Å². The molecular formula is C104H138B4Cl8N12O16. The summed E-state index contributed by atoms with van der Waals surface area (Å²) in [6.07, 6.45) is 13.9. The van der Waals surface area contributed by atoms with Crippen LogP contribution < -0.4 is 16.4 Å². The van der Waals surface area contributed by atoms with E-state index in [2.05, 4.69) is 58.6 Å². The Morgan fingerprint density at radius 3 is 1.23 bits per heavy atom. The van der Waals surface area contributed by atoms with Crippen LogP contribution in [-0.2, 0) is 96.4 Å². The van der Waals surface area contributed by atoms with E-state index in [4.69, 9.17) is 129 Å². The third-order valence-electron chi connectivity index (χ3n) is 22.1. The minimum atomic E-state index is -1.43. The van der Waals surface area contributed by atoms with E-state index in [0.717, 1.165) is 123 Å². The van der Waals surface area contributed by atoms with E-state index in [9.17, 15) is 49.2 Å². The zero-order chi connectivity index (χ0) is 99.1. The number of aliphatic carboxylic acids is 2. The standard InChI is InChI=1S/C16H16ClNO2.C13H15BClN3O.C13H18BClN2O3.C13H13BClNO2.C12H12ClN3.C11H13BClNO3.C8H10ClN.C8H7ClO2.C2H2O3.8CH4/c17-15-8-4-7-13(11-15)9-10-18-16(19)20-12-14-5-2-1-3-6-14;1-14(19)18-7-5-9-8-10(15)2-3-11(9)13(18)12-4-6-16-17-12;1-14(19)17-7-6-9-8-10(15)4-5-11(9)12(17)13(18)16(2)20-3;1-3-12(17)13-11-5-4-10(15)8-9(11)6-7-16(13)14(2)18;13-9-1-2-10-8(7-9)3-5-14-12(10)11-4-6-15-16-11;1-12(17)14-5-4-7-6-8(13)2-3-9(7)10(14)11(15)16;9-8-3-1-2-7(6-8)4-5-10;9-8(10)11-6-7-4-2-1-3-5-7;3-1-2(4)5;;;;;;;;/h1-8,11H,9-10,12H2,(H,18,19);2-4,6,8,13,19H,5,7H2,1H3,(H,16,17);4-5,8,12,19H,6-7H2,1-3H3;1,4-5,8,13,18H,6-7H2,2H3;1-2,4,6-7,12,14H,3,5H2,(H,15,16);2-3,6,10,17H,4-5H2,1H3,(H,15,16);1-3,6H,4-5,10H2;1-5H,6H2;1H,(H,4,5);8*1H4. The Morgan fingerprint density at radius 2 is 0.840 bits per heavy atom. The number of nitrogens with two attached hydrogens (primary N) is 1. The second-order valence-electron chi connectivity index (χ2n) is 31.3. The summed E-state index contributed by atoms with van der Waals surface area (Å²) in [4.78, 5) is 87.4. The van der Waals surface area contributed by atoms with Crippen molar-refractivity contribution >= 4 is 162 Å². The second-order valence-corrected chi connectivity index (χ2v) is 34.7. The van der Waals surface area contributed by atoms with Crippen molar-refractivity contribution in [2.75, 3.05) is 60.0 Å². The van der Waals surface area contributed by atoms with Gasteiger partial charge in [-0.05, 0) is 286 Å². The summed E-state index contributed by atoms with van der Waals surface area (Å²) in [5, 5.41) is 82.3. The number of hydrogen-bond acceptors (Lipinski definition) is 22.